The molecule has 0 saturated heterocycles. The van der Waals surface area contributed by atoms with Gasteiger partial charge in [0.05, 0.1) is 23.1 Å². The first-order valence-corrected chi connectivity index (χ1v) is 11.8. The number of halogens is 3. The van der Waals surface area contributed by atoms with Gasteiger partial charge in [-0.05, 0) is 48.5 Å². The largest absolute Gasteiger partial charge is 0.409 e. The molecule has 0 aliphatic carbocycles. The van der Waals surface area contributed by atoms with Crippen molar-refractivity contribution in [2.75, 3.05) is 0 Å². The van der Waals surface area contributed by atoms with Crippen LogP contribution in [0.3, 0.4) is 0 Å². The Balaban J connectivity index is 0.000000124. The number of fused-ring (bicyclic) bond motifs is 3. The van der Waals surface area contributed by atoms with Crippen LogP contribution in [0, 0.1) is 24.0 Å². The van der Waals surface area contributed by atoms with Gasteiger partial charge in [-0.15, -0.1) is 0 Å². The van der Waals surface area contributed by atoms with Gasteiger partial charge in [-0.3, -0.25) is 0 Å². The van der Waals surface area contributed by atoms with E-state index in [1.165, 1.54) is 36.7 Å². The summed E-state index contributed by atoms with van der Waals surface area (Å²) in [7, 11) is 0. The zero-order chi connectivity index (χ0) is 28.9. The minimum absolute atomic E-state index is 0.0440. The molecule has 6 N–H and O–H groups in total. The summed E-state index contributed by atoms with van der Waals surface area (Å²) in [6.07, 6.45) is 6.15. The molecule has 4 aromatic heterocycles. The van der Waals surface area contributed by atoms with Crippen LogP contribution >= 0.6 is 0 Å². The summed E-state index contributed by atoms with van der Waals surface area (Å²) in [5.74, 6) is -0.493. The fraction of sp³-hybridized carbons (Fsp3) is 0. The van der Waals surface area contributed by atoms with Crippen LogP contribution < -0.4 is 5.73 Å². The first-order valence-electron chi connectivity index (χ1n) is 11.8. The third-order valence-corrected chi connectivity index (χ3v) is 6.09. The number of H-pyrrole nitrogens is 3. The van der Waals surface area contributed by atoms with E-state index in [1.54, 1.807) is 42.9 Å². The maximum atomic E-state index is 13.4. The Labute approximate surface area is 228 Å². The Kier molecular flexibility index (Phi) is 7.37. The molecule has 10 nitrogen and oxygen atoms in total. The normalized spacial score (nSPS) is 11.1. The number of hydrogen-bond acceptors (Lipinski definition) is 5. The number of oxime groups is 1. The number of aromatic nitrogens is 5. The summed E-state index contributed by atoms with van der Waals surface area (Å²) >= 11 is 0. The van der Waals surface area contributed by atoms with Crippen LogP contribution in [0.5, 0.6) is 0 Å². The lowest BCUT2D eigenvalue weighted by molar-refractivity contribution is 0.318. The average molecular weight is 557 g/mol. The maximum absolute atomic E-state index is 13.4. The molecule has 3 aromatic carbocycles. The molecule has 0 radical (unpaired) electrons. The lowest BCUT2D eigenvalue weighted by Gasteiger charge is -2.01. The van der Waals surface area contributed by atoms with Gasteiger partial charge >= 0.3 is 0 Å². The number of amidine groups is 1. The van der Waals surface area contributed by atoms with Crippen molar-refractivity contribution in [3.05, 3.63) is 114 Å². The fourth-order valence-electron chi connectivity index (χ4n) is 4.18. The molecule has 4 heterocycles. The van der Waals surface area contributed by atoms with Crippen LogP contribution in [0.2, 0.25) is 0 Å². The van der Waals surface area contributed by atoms with Crippen LogP contribution in [0.4, 0.5) is 18.9 Å². The summed E-state index contributed by atoms with van der Waals surface area (Å²) in [6.45, 7) is 6.82. The highest BCUT2D eigenvalue weighted by atomic mass is 19.1. The number of rotatable bonds is 2. The van der Waals surface area contributed by atoms with Crippen molar-refractivity contribution < 1.29 is 22.9 Å². The molecule has 7 rings (SSSR count). The molecule has 0 atom stereocenters. The van der Waals surface area contributed by atoms with Gasteiger partial charge in [-0.1, -0.05) is 16.4 Å². The van der Waals surface area contributed by atoms with Gasteiger partial charge in [0.15, 0.2) is 5.84 Å². The van der Waals surface area contributed by atoms with E-state index in [4.69, 9.17) is 17.5 Å². The van der Waals surface area contributed by atoms with Crippen molar-refractivity contribution in [2.45, 2.75) is 0 Å². The summed E-state index contributed by atoms with van der Waals surface area (Å²) in [6, 6.07) is 13.4. The Hall–Kier alpha value is -6.03. The second-order valence-corrected chi connectivity index (χ2v) is 8.41. The van der Waals surface area contributed by atoms with Gasteiger partial charge in [-0.25, -0.2) is 18.0 Å². The summed E-state index contributed by atoms with van der Waals surface area (Å²) in [4.78, 5) is 15.8. The Morgan fingerprint density at radius 3 is 1.98 bits per heavy atom. The van der Waals surface area contributed by atoms with E-state index in [9.17, 15) is 13.2 Å². The number of benzene rings is 3. The minimum atomic E-state index is -0.337. The second-order valence-electron chi connectivity index (χ2n) is 8.41. The monoisotopic (exact) mass is 556 g/mol. The van der Waals surface area contributed by atoms with Gasteiger partial charge in [-0.2, -0.15) is 4.98 Å². The predicted octanol–water partition coefficient (Wildman–Crippen LogP) is 6.62. The molecule has 0 unspecified atom stereocenters. The number of nitrogens with zero attached hydrogens (tertiary/aromatic N) is 4. The smallest absolute Gasteiger partial charge is 0.214 e. The van der Waals surface area contributed by atoms with E-state index >= 15 is 0 Å². The van der Waals surface area contributed by atoms with E-state index in [1.807, 2.05) is 0 Å². The topological polar surface area (TPSA) is 149 Å². The molecule has 0 saturated carbocycles. The van der Waals surface area contributed by atoms with Crippen molar-refractivity contribution in [1.29, 1.82) is 0 Å². The highest BCUT2D eigenvalue weighted by Crippen LogP contribution is 2.27. The zero-order valence-corrected chi connectivity index (χ0v) is 20.9. The summed E-state index contributed by atoms with van der Waals surface area (Å²) in [5, 5.41) is 16.5. The predicted molar refractivity (Wildman–Crippen MR) is 147 cm³/mol. The highest BCUT2D eigenvalue weighted by molar-refractivity contribution is 6.07. The average Bonchev–Trinajstić information content (AvgIpc) is 3.81. The van der Waals surface area contributed by atoms with Crippen molar-refractivity contribution in [3.63, 3.8) is 0 Å². The van der Waals surface area contributed by atoms with E-state index in [0.717, 1.165) is 5.56 Å². The van der Waals surface area contributed by atoms with Gasteiger partial charge in [0.1, 0.15) is 17.5 Å². The third kappa shape index (κ3) is 5.17. The molecule has 0 bridgehead atoms. The fourth-order valence-corrected chi connectivity index (χ4v) is 4.18. The molecule has 204 valence electrons. The molecule has 41 heavy (non-hydrogen) atoms. The third-order valence-electron chi connectivity index (χ3n) is 6.09. The van der Waals surface area contributed by atoms with Gasteiger partial charge in [0, 0.05) is 45.9 Å². The van der Waals surface area contributed by atoms with E-state index < -0.39 is 0 Å². The molecule has 0 aliphatic heterocycles. The lowest BCUT2D eigenvalue weighted by Crippen LogP contribution is -2.13. The molecule has 13 heteroatoms. The van der Waals surface area contributed by atoms with Gasteiger partial charge < -0.3 is 30.4 Å². The minimum Gasteiger partial charge on any atom is -0.409 e. The molecule has 7 aromatic rings. The summed E-state index contributed by atoms with van der Waals surface area (Å²) < 4.78 is 44.2. The van der Waals surface area contributed by atoms with E-state index in [2.05, 4.69) is 39.6 Å². The van der Waals surface area contributed by atoms with Crippen LogP contribution in [0.15, 0.2) is 89.3 Å². The number of hydrogen-bond donors (Lipinski definition) is 5. The SMILES string of the molecule is Fc1ccc(-c2ncon2)c2[nH]ccc12.N/C(=N\O)c1ccc(F)c2cc[nH]c12.[C-]#[N+]c1ccc(F)c2cc[nH]c12. The Bertz CT molecular complexity index is 2030. The van der Waals surface area contributed by atoms with Crippen molar-refractivity contribution in [2.24, 2.45) is 10.9 Å². The molecule has 0 aliphatic rings. The zero-order valence-electron chi connectivity index (χ0n) is 20.9. The quantitative estimate of drug-likeness (QED) is 0.0534. The number of aromatic amines is 3. The van der Waals surface area contributed by atoms with Crippen LogP contribution in [-0.2, 0) is 0 Å². The Morgan fingerprint density at radius 1 is 0.805 bits per heavy atom. The van der Waals surface area contributed by atoms with E-state index in [-0.39, 0.29) is 23.3 Å². The van der Waals surface area contributed by atoms with Gasteiger partial charge in [0.2, 0.25) is 17.9 Å². The summed E-state index contributed by atoms with van der Waals surface area (Å²) in [5.41, 5.74) is 8.87. The van der Waals surface area contributed by atoms with E-state index in [0.29, 0.717) is 49.8 Å². The molecular weight excluding hydrogens is 537 g/mol. The first-order chi connectivity index (χ1) is 19.9. The van der Waals surface area contributed by atoms with Crippen molar-refractivity contribution in [1.82, 2.24) is 25.1 Å². The van der Waals surface area contributed by atoms with Gasteiger partial charge in [0.25, 0.3) is 0 Å². The standard InChI is InChI=1S/C10H6FN3O.C9H8FN3O.C9H5FN2/c11-8-2-1-7(10-13-5-15-14-10)9-6(8)3-4-12-9;10-7-2-1-6(9(11)13-14)8-5(7)3-4-12-8;1-11-8-3-2-7(10)6-4-5-12-9(6)8/h1-5,12H;1-4,12,14H,(H2,11,13);2-5,12H. The molecule has 0 spiro atoms. The number of nitrogens with one attached hydrogen (secondary N) is 3. The second kappa shape index (κ2) is 11.4. The lowest BCUT2D eigenvalue weighted by atomic mass is 10.1. The highest BCUT2D eigenvalue weighted by Gasteiger charge is 2.12. The van der Waals surface area contributed by atoms with Crippen molar-refractivity contribution >= 4 is 44.2 Å². The first kappa shape index (κ1) is 26.6. The maximum Gasteiger partial charge on any atom is 0.214 e. The Morgan fingerprint density at radius 2 is 1.37 bits per heavy atom. The molecule has 0 amide bonds. The van der Waals surface area contributed by atoms with Crippen LogP contribution in [-0.4, -0.2) is 36.1 Å². The van der Waals surface area contributed by atoms with Crippen LogP contribution in [0.25, 0.3) is 48.9 Å². The van der Waals surface area contributed by atoms with Crippen LogP contribution in [0.1, 0.15) is 5.56 Å². The van der Waals surface area contributed by atoms with Crippen molar-refractivity contribution in [3.8, 4) is 11.4 Å². The molecular formula is C28H19F3N8O2. The number of nitrogens with two attached hydrogens (primary N) is 1. The molecule has 0 fully saturated rings.